The molecule has 1 aromatic heterocycles. The first-order valence-corrected chi connectivity index (χ1v) is 11.0. The largest absolute Gasteiger partial charge is 0.493 e. The van der Waals surface area contributed by atoms with Crippen LogP contribution in [-0.2, 0) is 19.8 Å². The molecule has 0 aliphatic carbocycles. The van der Waals surface area contributed by atoms with Crippen LogP contribution in [0.25, 0.3) is 11.1 Å². The summed E-state index contributed by atoms with van der Waals surface area (Å²) in [6, 6.07) is 29.3. The molecule has 0 unspecified atom stereocenters. The highest BCUT2D eigenvalue weighted by atomic mass is 16.5. The van der Waals surface area contributed by atoms with E-state index in [2.05, 4.69) is 4.98 Å². The molecule has 0 saturated carbocycles. The summed E-state index contributed by atoms with van der Waals surface area (Å²) < 4.78 is 18.0. The maximum absolute atomic E-state index is 9.54. The lowest BCUT2D eigenvalue weighted by atomic mass is 10.0. The van der Waals surface area contributed by atoms with E-state index in [1.807, 2.05) is 97.9 Å². The van der Waals surface area contributed by atoms with Crippen LogP contribution in [0.3, 0.4) is 0 Å². The van der Waals surface area contributed by atoms with Gasteiger partial charge in [0.05, 0.1) is 13.2 Å². The van der Waals surface area contributed by atoms with Gasteiger partial charge in [-0.25, -0.2) is 0 Å². The molecule has 0 aliphatic rings. The molecule has 0 radical (unpaired) electrons. The Hall–Kier alpha value is -3.83. The fourth-order valence-corrected chi connectivity index (χ4v) is 3.44. The molecule has 0 aliphatic heterocycles. The maximum atomic E-state index is 9.54. The summed E-state index contributed by atoms with van der Waals surface area (Å²) in [5.74, 6) is 1.62. The van der Waals surface area contributed by atoms with E-state index in [-0.39, 0.29) is 6.61 Å². The second-order valence-electron chi connectivity index (χ2n) is 7.47. The van der Waals surface area contributed by atoms with Gasteiger partial charge in [0.15, 0.2) is 0 Å². The molecule has 0 fully saturated rings. The summed E-state index contributed by atoms with van der Waals surface area (Å²) in [5, 5.41) is 9.54. The minimum absolute atomic E-state index is 0.0533. The van der Waals surface area contributed by atoms with Crippen LogP contribution in [0.4, 0.5) is 0 Å². The molecule has 4 rings (SSSR count). The Labute approximate surface area is 194 Å². The van der Waals surface area contributed by atoms with Crippen molar-refractivity contribution in [1.82, 2.24) is 4.98 Å². The average molecular weight is 442 g/mol. The Bertz CT molecular complexity index is 1160. The zero-order chi connectivity index (χ0) is 22.9. The van der Waals surface area contributed by atoms with Gasteiger partial charge in [-0.1, -0.05) is 72.8 Å². The topological polar surface area (TPSA) is 60.8 Å². The number of hydrogen-bond donors (Lipinski definition) is 1. The Kier molecular flexibility index (Phi) is 7.56. The van der Waals surface area contributed by atoms with E-state index in [1.165, 1.54) is 0 Å². The number of hydrogen-bond acceptors (Lipinski definition) is 5. The number of ether oxygens (including phenoxy) is 3. The highest BCUT2D eigenvalue weighted by Crippen LogP contribution is 2.38. The summed E-state index contributed by atoms with van der Waals surface area (Å²) in [5.41, 5.74) is 4.53. The van der Waals surface area contributed by atoms with Crippen LogP contribution in [-0.4, -0.2) is 16.7 Å². The standard InChI is InChI=1S/C28H27NO4/c1-2-31-26-17-23(18-30)13-14-24(26)25-15-16-27(32-19-21-9-5-3-6-10-21)29-28(25)33-20-22-11-7-4-8-12-22/h3-17,30H,2,18-20H2,1H3. The molecular weight excluding hydrogens is 414 g/mol. The van der Waals surface area contributed by atoms with Crippen LogP contribution in [0.15, 0.2) is 91.0 Å². The molecule has 168 valence electrons. The number of rotatable bonds is 10. The molecule has 0 amide bonds. The lowest BCUT2D eigenvalue weighted by Gasteiger charge is -2.16. The van der Waals surface area contributed by atoms with Gasteiger partial charge in [0, 0.05) is 17.2 Å². The molecule has 5 nitrogen and oxygen atoms in total. The first-order valence-electron chi connectivity index (χ1n) is 11.0. The lowest BCUT2D eigenvalue weighted by Crippen LogP contribution is -2.03. The zero-order valence-electron chi connectivity index (χ0n) is 18.6. The number of nitrogens with zero attached hydrogens (tertiary/aromatic N) is 1. The fourth-order valence-electron chi connectivity index (χ4n) is 3.44. The molecule has 3 aromatic carbocycles. The van der Waals surface area contributed by atoms with Gasteiger partial charge >= 0.3 is 0 Å². The van der Waals surface area contributed by atoms with Crippen LogP contribution in [0.5, 0.6) is 17.5 Å². The van der Waals surface area contributed by atoms with Crippen molar-refractivity contribution in [3.63, 3.8) is 0 Å². The molecule has 1 N–H and O–H groups in total. The molecule has 0 spiro atoms. The smallest absolute Gasteiger partial charge is 0.225 e. The zero-order valence-corrected chi connectivity index (χ0v) is 18.6. The highest BCUT2D eigenvalue weighted by Gasteiger charge is 2.16. The van der Waals surface area contributed by atoms with Crippen LogP contribution >= 0.6 is 0 Å². The normalized spacial score (nSPS) is 10.6. The van der Waals surface area contributed by atoms with Crippen molar-refractivity contribution in [2.75, 3.05) is 6.61 Å². The van der Waals surface area contributed by atoms with E-state index in [0.717, 1.165) is 27.8 Å². The lowest BCUT2D eigenvalue weighted by molar-refractivity contribution is 0.268. The van der Waals surface area contributed by atoms with Crippen molar-refractivity contribution < 1.29 is 19.3 Å². The van der Waals surface area contributed by atoms with Gasteiger partial charge in [0.25, 0.3) is 0 Å². The Morgan fingerprint density at radius 3 is 1.94 bits per heavy atom. The summed E-state index contributed by atoms with van der Waals surface area (Å²) >= 11 is 0. The molecule has 1 heterocycles. The first-order chi connectivity index (χ1) is 16.3. The maximum Gasteiger partial charge on any atom is 0.225 e. The average Bonchev–Trinajstić information content (AvgIpc) is 2.88. The Morgan fingerprint density at radius 1 is 0.667 bits per heavy atom. The van der Waals surface area contributed by atoms with Crippen LogP contribution in [0.1, 0.15) is 23.6 Å². The van der Waals surface area contributed by atoms with E-state index >= 15 is 0 Å². The number of aliphatic hydroxyl groups excluding tert-OH is 1. The van der Waals surface area contributed by atoms with E-state index in [4.69, 9.17) is 14.2 Å². The molecule has 0 atom stereocenters. The predicted octanol–water partition coefficient (Wildman–Crippen LogP) is 5.80. The van der Waals surface area contributed by atoms with Crippen molar-refractivity contribution in [3.05, 3.63) is 108 Å². The minimum atomic E-state index is -0.0533. The predicted molar refractivity (Wildman–Crippen MR) is 128 cm³/mol. The van der Waals surface area contributed by atoms with E-state index in [1.54, 1.807) is 0 Å². The van der Waals surface area contributed by atoms with E-state index in [9.17, 15) is 5.11 Å². The number of benzene rings is 3. The Morgan fingerprint density at radius 2 is 1.30 bits per heavy atom. The third-order valence-corrected chi connectivity index (χ3v) is 5.10. The first kappa shape index (κ1) is 22.4. The van der Waals surface area contributed by atoms with Crippen molar-refractivity contribution in [3.8, 4) is 28.6 Å². The van der Waals surface area contributed by atoms with Crippen molar-refractivity contribution in [2.45, 2.75) is 26.7 Å². The van der Waals surface area contributed by atoms with E-state index < -0.39 is 0 Å². The van der Waals surface area contributed by atoms with Gasteiger partial charge < -0.3 is 19.3 Å². The quantitative estimate of drug-likeness (QED) is 0.337. The van der Waals surface area contributed by atoms with Crippen LogP contribution < -0.4 is 14.2 Å². The summed E-state index contributed by atoms with van der Waals surface area (Å²) in [6.07, 6.45) is 0. The van der Waals surface area contributed by atoms with Crippen LogP contribution in [0.2, 0.25) is 0 Å². The van der Waals surface area contributed by atoms with Crippen LogP contribution in [0, 0.1) is 0 Å². The number of aliphatic hydroxyl groups is 1. The van der Waals surface area contributed by atoms with Gasteiger partial charge in [0.1, 0.15) is 19.0 Å². The summed E-state index contributed by atoms with van der Waals surface area (Å²) in [6.45, 7) is 3.18. The summed E-state index contributed by atoms with van der Waals surface area (Å²) in [7, 11) is 0. The third-order valence-electron chi connectivity index (χ3n) is 5.10. The second-order valence-corrected chi connectivity index (χ2v) is 7.47. The fraction of sp³-hybridized carbons (Fsp3) is 0.179. The Balaban J connectivity index is 1.66. The molecule has 33 heavy (non-hydrogen) atoms. The molecule has 5 heteroatoms. The van der Waals surface area contributed by atoms with Crippen molar-refractivity contribution in [2.24, 2.45) is 0 Å². The van der Waals surface area contributed by atoms with Gasteiger partial charge in [-0.3, -0.25) is 0 Å². The molecule has 4 aromatic rings. The minimum Gasteiger partial charge on any atom is -0.493 e. The van der Waals surface area contributed by atoms with Crippen molar-refractivity contribution >= 4 is 0 Å². The van der Waals surface area contributed by atoms with E-state index in [0.29, 0.717) is 37.3 Å². The van der Waals surface area contributed by atoms with Crippen molar-refractivity contribution in [1.29, 1.82) is 0 Å². The number of pyridine rings is 1. The molecule has 0 saturated heterocycles. The highest BCUT2D eigenvalue weighted by molar-refractivity contribution is 5.75. The summed E-state index contributed by atoms with van der Waals surface area (Å²) in [4.78, 5) is 4.67. The SMILES string of the molecule is CCOc1cc(CO)ccc1-c1ccc(OCc2ccccc2)nc1OCc1ccccc1. The van der Waals surface area contributed by atoms with Gasteiger partial charge in [-0.05, 0) is 35.7 Å². The monoisotopic (exact) mass is 441 g/mol. The van der Waals surface area contributed by atoms with Gasteiger partial charge in [0.2, 0.25) is 11.8 Å². The molecular formula is C28H27NO4. The van der Waals surface area contributed by atoms with Gasteiger partial charge in [-0.15, -0.1) is 0 Å². The third kappa shape index (κ3) is 5.90. The number of aromatic nitrogens is 1. The molecule has 0 bridgehead atoms. The second kappa shape index (κ2) is 11.2. The van der Waals surface area contributed by atoms with Gasteiger partial charge in [-0.2, -0.15) is 4.98 Å².